The molecule has 4 heteroatoms. The van der Waals surface area contributed by atoms with Gasteiger partial charge in [-0.2, -0.15) is 0 Å². The molecule has 1 aromatic carbocycles. The van der Waals surface area contributed by atoms with Crippen LogP contribution in [-0.4, -0.2) is 30.4 Å². The fraction of sp³-hybridized carbons (Fsp3) is 0.462. The van der Waals surface area contributed by atoms with Crippen LogP contribution in [0.4, 0.5) is 0 Å². The summed E-state index contributed by atoms with van der Waals surface area (Å²) in [7, 11) is 0. The van der Waals surface area contributed by atoms with Crippen molar-refractivity contribution in [2.24, 2.45) is 0 Å². The highest BCUT2D eigenvalue weighted by Gasteiger charge is 2.07. The smallest absolute Gasteiger partial charge is 0.236 e. The molecular weight excluding hydrogens is 280 g/mol. The summed E-state index contributed by atoms with van der Waals surface area (Å²) in [5.74, 6) is 0.159. The molecule has 1 N–H and O–H groups in total. The summed E-state index contributed by atoms with van der Waals surface area (Å²) in [6.45, 7) is 6.66. The Kier molecular flexibility index (Phi) is 6.22. The van der Waals surface area contributed by atoms with Crippen LogP contribution in [0.25, 0.3) is 0 Å². The number of nitrogens with zero attached hydrogens (tertiary/aromatic N) is 1. The van der Waals surface area contributed by atoms with E-state index in [1.165, 1.54) is 5.56 Å². The van der Waals surface area contributed by atoms with Gasteiger partial charge < -0.3 is 10.2 Å². The number of halogens is 1. The number of likely N-dealkylation sites (N-methyl/N-ethyl adjacent to an activating group) is 1. The predicted octanol–water partition coefficient (Wildman–Crippen LogP) is 2.41. The second kappa shape index (κ2) is 7.45. The standard InChI is InChI=1S/C13H19BrN2O/c1-3-16(4-2)13(17)10-15-9-11-5-7-12(14)8-6-11/h5-8,15H,3-4,9-10H2,1-2H3. The zero-order chi connectivity index (χ0) is 12.7. The number of amides is 1. The van der Waals surface area contributed by atoms with E-state index in [-0.39, 0.29) is 5.91 Å². The van der Waals surface area contributed by atoms with Gasteiger partial charge in [0.15, 0.2) is 0 Å². The molecule has 17 heavy (non-hydrogen) atoms. The molecule has 0 radical (unpaired) electrons. The third-order valence-corrected chi connectivity index (χ3v) is 3.16. The zero-order valence-corrected chi connectivity index (χ0v) is 12.0. The van der Waals surface area contributed by atoms with E-state index in [2.05, 4.69) is 21.2 Å². The molecule has 0 atom stereocenters. The van der Waals surface area contributed by atoms with Crippen molar-refractivity contribution in [1.82, 2.24) is 10.2 Å². The molecule has 0 aliphatic heterocycles. The Morgan fingerprint density at radius 3 is 2.35 bits per heavy atom. The van der Waals surface area contributed by atoms with Crippen molar-refractivity contribution in [2.45, 2.75) is 20.4 Å². The third-order valence-electron chi connectivity index (χ3n) is 2.63. The molecule has 1 rings (SSSR count). The fourth-order valence-corrected chi connectivity index (χ4v) is 1.87. The van der Waals surface area contributed by atoms with E-state index in [4.69, 9.17) is 0 Å². The minimum Gasteiger partial charge on any atom is -0.342 e. The van der Waals surface area contributed by atoms with Crippen molar-refractivity contribution in [1.29, 1.82) is 0 Å². The van der Waals surface area contributed by atoms with E-state index in [0.717, 1.165) is 24.1 Å². The van der Waals surface area contributed by atoms with Crippen LogP contribution in [0.15, 0.2) is 28.7 Å². The Labute approximate surface area is 111 Å². The molecule has 0 saturated carbocycles. The topological polar surface area (TPSA) is 32.3 Å². The zero-order valence-electron chi connectivity index (χ0n) is 10.4. The van der Waals surface area contributed by atoms with Crippen LogP contribution in [0.5, 0.6) is 0 Å². The van der Waals surface area contributed by atoms with Crippen LogP contribution >= 0.6 is 15.9 Å². The molecule has 0 aromatic heterocycles. The largest absolute Gasteiger partial charge is 0.342 e. The molecule has 0 bridgehead atoms. The first-order chi connectivity index (χ1) is 8.17. The highest BCUT2D eigenvalue weighted by Crippen LogP contribution is 2.10. The van der Waals surface area contributed by atoms with Crippen LogP contribution < -0.4 is 5.32 Å². The monoisotopic (exact) mass is 298 g/mol. The molecule has 94 valence electrons. The second-order valence-electron chi connectivity index (χ2n) is 3.80. The average Bonchev–Trinajstić information content (AvgIpc) is 2.33. The number of nitrogens with one attached hydrogen (secondary N) is 1. The Morgan fingerprint density at radius 2 is 1.82 bits per heavy atom. The van der Waals surface area contributed by atoms with Crippen LogP contribution in [0.2, 0.25) is 0 Å². The van der Waals surface area contributed by atoms with Crippen molar-refractivity contribution in [3.63, 3.8) is 0 Å². The highest BCUT2D eigenvalue weighted by molar-refractivity contribution is 9.10. The van der Waals surface area contributed by atoms with E-state index in [1.54, 1.807) is 0 Å². The number of rotatable bonds is 6. The van der Waals surface area contributed by atoms with Crippen molar-refractivity contribution >= 4 is 21.8 Å². The normalized spacial score (nSPS) is 10.3. The summed E-state index contributed by atoms with van der Waals surface area (Å²) in [6.07, 6.45) is 0. The molecule has 0 fully saturated rings. The van der Waals surface area contributed by atoms with Gasteiger partial charge >= 0.3 is 0 Å². The van der Waals surface area contributed by atoms with Crippen LogP contribution in [-0.2, 0) is 11.3 Å². The molecule has 0 saturated heterocycles. The maximum absolute atomic E-state index is 11.7. The van der Waals surface area contributed by atoms with Gasteiger partial charge in [-0.3, -0.25) is 4.79 Å². The van der Waals surface area contributed by atoms with Gasteiger partial charge in [0.25, 0.3) is 0 Å². The molecule has 0 spiro atoms. The molecule has 0 unspecified atom stereocenters. The quantitative estimate of drug-likeness (QED) is 0.875. The van der Waals surface area contributed by atoms with E-state index in [1.807, 2.05) is 43.0 Å². The van der Waals surface area contributed by atoms with E-state index < -0.39 is 0 Å². The minimum atomic E-state index is 0.159. The number of carbonyl (C=O) groups excluding carboxylic acids is 1. The van der Waals surface area contributed by atoms with Gasteiger partial charge in [-0.05, 0) is 31.5 Å². The van der Waals surface area contributed by atoms with Crippen LogP contribution in [0.1, 0.15) is 19.4 Å². The molecule has 0 heterocycles. The lowest BCUT2D eigenvalue weighted by atomic mass is 10.2. The first-order valence-electron chi connectivity index (χ1n) is 5.90. The molecule has 3 nitrogen and oxygen atoms in total. The van der Waals surface area contributed by atoms with E-state index in [0.29, 0.717) is 6.54 Å². The number of hydrogen-bond acceptors (Lipinski definition) is 2. The second-order valence-corrected chi connectivity index (χ2v) is 4.71. The lowest BCUT2D eigenvalue weighted by molar-refractivity contribution is -0.129. The van der Waals surface area contributed by atoms with Gasteiger partial charge in [0, 0.05) is 24.1 Å². The number of hydrogen-bond donors (Lipinski definition) is 1. The highest BCUT2D eigenvalue weighted by atomic mass is 79.9. The molecule has 0 aliphatic rings. The van der Waals surface area contributed by atoms with E-state index >= 15 is 0 Å². The van der Waals surface area contributed by atoms with Crippen LogP contribution in [0.3, 0.4) is 0 Å². The predicted molar refractivity (Wildman–Crippen MR) is 73.8 cm³/mol. The summed E-state index contributed by atoms with van der Waals surface area (Å²) in [6, 6.07) is 8.09. The molecular formula is C13H19BrN2O. The Hall–Kier alpha value is -0.870. The van der Waals surface area contributed by atoms with Gasteiger partial charge in [0.2, 0.25) is 5.91 Å². The van der Waals surface area contributed by atoms with Gasteiger partial charge in [0.05, 0.1) is 6.54 Å². The Bertz CT molecular complexity index is 347. The van der Waals surface area contributed by atoms with Crippen molar-refractivity contribution in [3.8, 4) is 0 Å². The number of benzene rings is 1. The van der Waals surface area contributed by atoms with Gasteiger partial charge in [-0.15, -0.1) is 0 Å². The van der Waals surface area contributed by atoms with E-state index in [9.17, 15) is 4.79 Å². The molecule has 1 amide bonds. The summed E-state index contributed by atoms with van der Waals surface area (Å²) >= 11 is 3.39. The Balaban J connectivity index is 2.32. The lowest BCUT2D eigenvalue weighted by Crippen LogP contribution is -2.37. The summed E-state index contributed by atoms with van der Waals surface area (Å²) in [5, 5.41) is 3.16. The van der Waals surface area contributed by atoms with Crippen molar-refractivity contribution < 1.29 is 4.79 Å². The fourth-order valence-electron chi connectivity index (χ4n) is 1.60. The third kappa shape index (κ3) is 4.88. The Morgan fingerprint density at radius 1 is 1.24 bits per heavy atom. The first kappa shape index (κ1) is 14.2. The summed E-state index contributed by atoms with van der Waals surface area (Å²) < 4.78 is 1.07. The van der Waals surface area contributed by atoms with Gasteiger partial charge in [-0.25, -0.2) is 0 Å². The number of carbonyl (C=O) groups is 1. The lowest BCUT2D eigenvalue weighted by Gasteiger charge is -2.18. The maximum atomic E-state index is 11.7. The summed E-state index contributed by atoms with van der Waals surface area (Å²) in [5.41, 5.74) is 1.18. The maximum Gasteiger partial charge on any atom is 0.236 e. The first-order valence-corrected chi connectivity index (χ1v) is 6.69. The average molecular weight is 299 g/mol. The van der Waals surface area contributed by atoms with Crippen LogP contribution in [0, 0.1) is 0 Å². The molecule has 0 aliphatic carbocycles. The van der Waals surface area contributed by atoms with Crippen molar-refractivity contribution in [3.05, 3.63) is 34.3 Å². The van der Waals surface area contributed by atoms with Gasteiger partial charge in [-0.1, -0.05) is 28.1 Å². The minimum absolute atomic E-state index is 0.159. The van der Waals surface area contributed by atoms with Crippen molar-refractivity contribution in [2.75, 3.05) is 19.6 Å². The SMILES string of the molecule is CCN(CC)C(=O)CNCc1ccc(Br)cc1. The molecule has 1 aromatic rings. The summed E-state index contributed by atoms with van der Waals surface area (Å²) in [4.78, 5) is 13.5. The van der Waals surface area contributed by atoms with Gasteiger partial charge in [0.1, 0.15) is 0 Å².